The molecule has 0 aromatic carbocycles. The van der Waals surface area contributed by atoms with Gasteiger partial charge in [-0.25, -0.2) is 4.79 Å². The van der Waals surface area contributed by atoms with Crippen molar-refractivity contribution in [2.75, 3.05) is 6.61 Å². The summed E-state index contributed by atoms with van der Waals surface area (Å²) >= 11 is 0. The highest BCUT2D eigenvalue weighted by atomic mass is 28.4. The Morgan fingerprint density at radius 1 is 1.26 bits per heavy atom. The predicted octanol–water partition coefficient (Wildman–Crippen LogP) is 4.15. The van der Waals surface area contributed by atoms with Crippen LogP contribution in [0.2, 0.25) is 18.1 Å². The van der Waals surface area contributed by atoms with Gasteiger partial charge in [0.2, 0.25) is 0 Å². The lowest BCUT2D eigenvalue weighted by atomic mass is 10.1. The van der Waals surface area contributed by atoms with Crippen LogP contribution in [0, 0.1) is 5.92 Å². The first-order chi connectivity index (χ1) is 8.51. The average molecular weight is 286 g/mol. The lowest BCUT2D eigenvalue weighted by Crippen LogP contribution is -2.44. The van der Waals surface area contributed by atoms with Gasteiger partial charge in [-0.1, -0.05) is 33.8 Å². The minimum absolute atomic E-state index is 0.103. The maximum Gasteiger partial charge on any atom is 0.330 e. The van der Waals surface area contributed by atoms with E-state index in [2.05, 4.69) is 47.7 Å². The van der Waals surface area contributed by atoms with Crippen molar-refractivity contribution in [1.29, 1.82) is 0 Å². The summed E-state index contributed by atoms with van der Waals surface area (Å²) in [5.41, 5.74) is 0. The molecule has 0 amide bonds. The van der Waals surface area contributed by atoms with Gasteiger partial charge in [-0.05, 0) is 37.9 Å². The molecule has 3 nitrogen and oxygen atoms in total. The highest BCUT2D eigenvalue weighted by Crippen LogP contribution is 2.38. The number of carbonyl (C=O) groups excluding carboxylic acids is 1. The van der Waals surface area contributed by atoms with E-state index < -0.39 is 8.32 Å². The van der Waals surface area contributed by atoms with Crippen molar-refractivity contribution >= 4 is 14.3 Å². The molecule has 0 aliphatic heterocycles. The molecule has 2 atom stereocenters. The molecule has 0 unspecified atom stereocenters. The second-order valence-electron chi connectivity index (χ2n) is 6.55. The largest absolute Gasteiger partial charge is 0.463 e. The number of carbonyl (C=O) groups is 1. The van der Waals surface area contributed by atoms with E-state index >= 15 is 0 Å². The molecule has 19 heavy (non-hydrogen) atoms. The van der Waals surface area contributed by atoms with E-state index in [4.69, 9.17) is 9.16 Å². The van der Waals surface area contributed by atoms with Gasteiger partial charge < -0.3 is 9.16 Å². The van der Waals surface area contributed by atoms with E-state index in [0.29, 0.717) is 6.61 Å². The van der Waals surface area contributed by atoms with Gasteiger partial charge in [0.15, 0.2) is 8.32 Å². The van der Waals surface area contributed by atoms with Gasteiger partial charge in [0, 0.05) is 12.2 Å². The van der Waals surface area contributed by atoms with Gasteiger partial charge in [-0.15, -0.1) is 0 Å². The van der Waals surface area contributed by atoms with Gasteiger partial charge in [-0.2, -0.15) is 0 Å². The standard InChI is InChI=1S/C15H30O3Si/c1-9-17-14(16)11-10-12(2)13(3)18-19(7,8)15(4,5)6/h10-13H,9H2,1-8H3/b11-10+/t12-,13-/m1/s1. The summed E-state index contributed by atoms with van der Waals surface area (Å²) in [5, 5.41) is 0.200. The fourth-order valence-corrected chi connectivity index (χ4v) is 2.82. The van der Waals surface area contributed by atoms with E-state index in [-0.39, 0.29) is 23.0 Å². The highest BCUT2D eigenvalue weighted by molar-refractivity contribution is 6.74. The number of rotatable bonds is 6. The molecule has 0 saturated carbocycles. The first-order valence-corrected chi connectivity index (χ1v) is 9.95. The van der Waals surface area contributed by atoms with E-state index in [1.54, 1.807) is 6.92 Å². The van der Waals surface area contributed by atoms with Crippen molar-refractivity contribution in [2.45, 2.75) is 65.8 Å². The van der Waals surface area contributed by atoms with Crippen molar-refractivity contribution in [2.24, 2.45) is 5.92 Å². The second kappa shape index (κ2) is 7.24. The zero-order chi connectivity index (χ0) is 15.3. The molecule has 0 aliphatic carbocycles. The third-order valence-electron chi connectivity index (χ3n) is 3.85. The Balaban J connectivity index is 4.51. The fraction of sp³-hybridized carbons (Fsp3) is 0.800. The summed E-state index contributed by atoms with van der Waals surface area (Å²) in [6.45, 7) is 17.5. The molecule has 0 heterocycles. The number of ether oxygens (including phenoxy) is 1. The molecule has 0 saturated heterocycles. The monoisotopic (exact) mass is 286 g/mol. The van der Waals surface area contributed by atoms with Crippen LogP contribution in [0.3, 0.4) is 0 Å². The van der Waals surface area contributed by atoms with Crippen molar-refractivity contribution in [1.82, 2.24) is 0 Å². The summed E-state index contributed by atoms with van der Waals surface area (Å²) in [5.74, 6) is -0.0904. The van der Waals surface area contributed by atoms with Crippen molar-refractivity contribution in [3.63, 3.8) is 0 Å². The zero-order valence-electron chi connectivity index (χ0n) is 13.7. The first-order valence-electron chi connectivity index (χ1n) is 7.04. The number of hydrogen-bond acceptors (Lipinski definition) is 3. The lowest BCUT2D eigenvalue weighted by molar-refractivity contribution is -0.137. The van der Waals surface area contributed by atoms with Crippen LogP contribution < -0.4 is 0 Å². The van der Waals surface area contributed by atoms with Crippen molar-refractivity contribution in [3.05, 3.63) is 12.2 Å². The average Bonchev–Trinajstić information content (AvgIpc) is 2.24. The SMILES string of the molecule is CCOC(=O)/C=C/[C@@H](C)[C@@H](C)O[Si](C)(C)C(C)(C)C. The smallest absolute Gasteiger partial charge is 0.330 e. The fourth-order valence-electron chi connectivity index (χ4n) is 1.33. The van der Waals surface area contributed by atoms with E-state index in [1.807, 2.05) is 6.08 Å². The Morgan fingerprint density at radius 2 is 1.79 bits per heavy atom. The van der Waals surface area contributed by atoms with Crippen LogP contribution in [0.25, 0.3) is 0 Å². The molecular formula is C15H30O3Si. The lowest BCUT2D eigenvalue weighted by Gasteiger charge is -2.39. The van der Waals surface area contributed by atoms with Crippen LogP contribution in [0.4, 0.5) is 0 Å². The van der Waals surface area contributed by atoms with Crippen LogP contribution in [-0.2, 0) is 14.0 Å². The topological polar surface area (TPSA) is 35.5 Å². The molecule has 0 rings (SSSR count). The van der Waals surface area contributed by atoms with Crippen LogP contribution in [0.5, 0.6) is 0 Å². The van der Waals surface area contributed by atoms with E-state index in [1.165, 1.54) is 6.08 Å². The summed E-state index contributed by atoms with van der Waals surface area (Å²) in [4.78, 5) is 11.3. The summed E-state index contributed by atoms with van der Waals surface area (Å²) in [6, 6.07) is 0. The Bertz CT molecular complexity index is 316. The molecular weight excluding hydrogens is 256 g/mol. The Labute approximate surface area is 119 Å². The van der Waals surface area contributed by atoms with Gasteiger partial charge in [0.05, 0.1) is 6.61 Å². The van der Waals surface area contributed by atoms with Gasteiger partial charge in [-0.3, -0.25) is 0 Å². The van der Waals surface area contributed by atoms with Crippen LogP contribution in [0.15, 0.2) is 12.2 Å². The molecule has 0 bridgehead atoms. The first kappa shape index (κ1) is 18.4. The van der Waals surface area contributed by atoms with E-state index in [0.717, 1.165) is 0 Å². The summed E-state index contributed by atoms with van der Waals surface area (Å²) in [6.07, 6.45) is 3.47. The summed E-state index contributed by atoms with van der Waals surface area (Å²) < 4.78 is 11.2. The van der Waals surface area contributed by atoms with Crippen LogP contribution in [0.1, 0.15) is 41.5 Å². The van der Waals surface area contributed by atoms with E-state index in [9.17, 15) is 4.79 Å². The third kappa shape index (κ3) is 6.39. The third-order valence-corrected chi connectivity index (χ3v) is 8.42. The molecule has 4 heteroatoms. The molecule has 0 aromatic heterocycles. The maximum absolute atomic E-state index is 11.3. The van der Waals surface area contributed by atoms with Crippen LogP contribution >= 0.6 is 0 Å². The number of esters is 1. The molecule has 0 fully saturated rings. The van der Waals surface area contributed by atoms with Crippen molar-refractivity contribution < 1.29 is 14.0 Å². The Hall–Kier alpha value is -0.613. The quantitative estimate of drug-likeness (QED) is 0.418. The molecule has 0 spiro atoms. The van der Waals surface area contributed by atoms with Gasteiger partial charge in [0.25, 0.3) is 0 Å². The van der Waals surface area contributed by atoms with Crippen molar-refractivity contribution in [3.8, 4) is 0 Å². The molecule has 0 N–H and O–H groups in total. The van der Waals surface area contributed by atoms with Gasteiger partial charge >= 0.3 is 5.97 Å². The summed E-state index contributed by atoms with van der Waals surface area (Å²) in [7, 11) is -1.75. The minimum Gasteiger partial charge on any atom is -0.463 e. The Kier molecular flexibility index (Phi) is 7.01. The Morgan fingerprint density at radius 3 is 2.21 bits per heavy atom. The number of hydrogen-bond donors (Lipinski definition) is 0. The predicted molar refractivity (Wildman–Crippen MR) is 82.7 cm³/mol. The minimum atomic E-state index is -1.75. The molecule has 112 valence electrons. The van der Waals surface area contributed by atoms with Gasteiger partial charge in [0.1, 0.15) is 0 Å². The molecule has 0 aliphatic rings. The molecule has 0 aromatic rings. The zero-order valence-corrected chi connectivity index (χ0v) is 14.7. The molecule has 0 radical (unpaired) electrons. The maximum atomic E-state index is 11.3. The second-order valence-corrected chi connectivity index (χ2v) is 11.3. The normalized spacial score (nSPS) is 16.4. The van der Waals surface area contributed by atoms with Crippen LogP contribution in [-0.4, -0.2) is 27.0 Å². The highest BCUT2D eigenvalue weighted by Gasteiger charge is 2.38.